The summed E-state index contributed by atoms with van der Waals surface area (Å²) in [6.07, 6.45) is 1.06. The van der Waals surface area contributed by atoms with Crippen LogP contribution in [0.3, 0.4) is 0 Å². The first-order chi connectivity index (χ1) is 12.2. The Kier molecular flexibility index (Phi) is 5.10. The highest BCUT2D eigenvalue weighted by molar-refractivity contribution is 9.10. The Morgan fingerprint density at radius 3 is 2.38 bits per heavy atom. The minimum absolute atomic E-state index is 0.323. The van der Waals surface area contributed by atoms with Crippen LogP contribution in [0.25, 0.3) is 0 Å². The summed E-state index contributed by atoms with van der Waals surface area (Å²) < 4.78 is 37.0. The number of amides is 1. The average Bonchev–Trinajstić information content (AvgIpc) is 2.56. The lowest BCUT2D eigenvalue weighted by Gasteiger charge is -2.20. The molecule has 0 spiro atoms. The summed E-state index contributed by atoms with van der Waals surface area (Å²) in [4.78, 5) is 12.6. The SMILES string of the molecule is Cc1ccc(C(=O)Nc2cc3c(cc2Br)OCCO3)cc1NS(C)(=O)=O. The van der Waals surface area contributed by atoms with E-state index in [4.69, 9.17) is 9.47 Å². The van der Waals surface area contributed by atoms with Gasteiger partial charge in [-0.3, -0.25) is 9.52 Å². The zero-order valence-electron chi connectivity index (χ0n) is 14.1. The minimum Gasteiger partial charge on any atom is -0.486 e. The molecule has 0 unspecified atom stereocenters. The van der Waals surface area contributed by atoms with E-state index in [2.05, 4.69) is 26.0 Å². The summed E-state index contributed by atoms with van der Waals surface area (Å²) in [5.74, 6) is 0.785. The van der Waals surface area contributed by atoms with Crippen LogP contribution in [-0.4, -0.2) is 33.8 Å². The molecule has 1 aliphatic rings. The molecule has 0 bridgehead atoms. The Morgan fingerprint density at radius 2 is 1.73 bits per heavy atom. The summed E-state index contributed by atoms with van der Waals surface area (Å²) in [5.41, 5.74) is 1.93. The summed E-state index contributed by atoms with van der Waals surface area (Å²) >= 11 is 3.40. The van der Waals surface area contributed by atoms with Crippen LogP contribution < -0.4 is 19.5 Å². The molecule has 0 aliphatic carbocycles. The third kappa shape index (κ3) is 4.28. The third-order valence-electron chi connectivity index (χ3n) is 3.68. The summed E-state index contributed by atoms with van der Waals surface area (Å²) in [6, 6.07) is 8.22. The Balaban J connectivity index is 1.85. The first-order valence-corrected chi connectivity index (χ1v) is 10.4. The van der Waals surface area contributed by atoms with Crippen LogP contribution in [0.5, 0.6) is 11.5 Å². The Morgan fingerprint density at radius 1 is 1.08 bits per heavy atom. The van der Waals surface area contributed by atoms with Gasteiger partial charge in [-0.1, -0.05) is 6.07 Å². The van der Waals surface area contributed by atoms with Crippen LogP contribution in [0.2, 0.25) is 0 Å². The van der Waals surface area contributed by atoms with E-state index in [1.54, 1.807) is 31.2 Å². The number of rotatable bonds is 4. The molecular formula is C17H17BrN2O5S. The lowest BCUT2D eigenvalue weighted by Crippen LogP contribution is -2.17. The number of halogens is 1. The largest absolute Gasteiger partial charge is 0.486 e. The molecule has 0 radical (unpaired) electrons. The molecule has 0 fully saturated rings. The van der Waals surface area contributed by atoms with E-state index in [0.717, 1.165) is 6.26 Å². The van der Waals surface area contributed by atoms with Gasteiger partial charge in [0.2, 0.25) is 10.0 Å². The number of nitrogens with one attached hydrogen (secondary N) is 2. The van der Waals surface area contributed by atoms with E-state index in [1.165, 1.54) is 6.07 Å². The van der Waals surface area contributed by atoms with E-state index >= 15 is 0 Å². The number of ether oxygens (including phenoxy) is 2. The molecule has 0 aromatic heterocycles. The lowest BCUT2D eigenvalue weighted by atomic mass is 10.1. The minimum atomic E-state index is -3.44. The molecular weight excluding hydrogens is 424 g/mol. The number of aryl methyl sites for hydroxylation is 1. The molecule has 2 aromatic carbocycles. The number of benzene rings is 2. The summed E-state index contributed by atoms with van der Waals surface area (Å²) in [7, 11) is -3.44. The number of carbonyl (C=O) groups is 1. The topological polar surface area (TPSA) is 93.7 Å². The Bertz CT molecular complexity index is 975. The monoisotopic (exact) mass is 440 g/mol. The number of anilines is 2. The van der Waals surface area contributed by atoms with Gasteiger partial charge in [0, 0.05) is 22.2 Å². The van der Waals surface area contributed by atoms with Gasteiger partial charge < -0.3 is 14.8 Å². The van der Waals surface area contributed by atoms with E-state index < -0.39 is 10.0 Å². The highest BCUT2D eigenvalue weighted by atomic mass is 79.9. The summed E-state index contributed by atoms with van der Waals surface area (Å²) in [6.45, 7) is 2.68. The number of carbonyl (C=O) groups excluding carboxylic acids is 1. The molecule has 1 heterocycles. The smallest absolute Gasteiger partial charge is 0.255 e. The predicted molar refractivity (Wildman–Crippen MR) is 103 cm³/mol. The van der Waals surface area contributed by atoms with Crippen molar-refractivity contribution in [3.05, 3.63) is 45.9 Å². The highest BCUT2D eigenvalue weighted by Crippen LogP contribution is 2.38. The van der Waals surface area contributed by atoms with Crippen LogP contribution >= 0.6 is 15.9 Å². The van der Waals surface area contributed by atoms with E-state index in [-0.39, 0.29) is 5.91 Å². The lowest BCUT2D eigenvalue weighted by molar-refractivity contribution is 0.102. The molecule has 2 aromatic rings. The van der Waals surface area contributed by atoms with Gasteiger partial charge in [0.1, 0.15) is 13.2 Å². The second-order valence-corrected chi connectivity index (χ2v) is 8.44. The fraction of sp³-hybridized carbons (Fsp3) is 0.235. The van der Waals surface area contributed by atoms with Crippen molar-refractivity contribution in [2.45, 2.75) is 6.92 Å². The first-order valence-electron chi connectivity index (χ1n) is 7.72. The fourth-order valence-corrected chi connectivity index (χ4v) is 3.47. The summed E-state index contributed by atoms with van der Waals surface area (Å²) in [5, 5.41) is 2.79. The number of hydrogen-bond acceptors (Lipinski definition) is 5. The van der Waals surface area contributed by atoms with Gasteiger partial charge in [-0.2, -0.15) is 0 Å². The highest BCUT2D eigenvalue weighted by Gasteiger charge is 2.17. The molecule has 3 rings (SSSR count). The normalized spacial score (nSPS) is 13.2. The molecule has 0 atom stereocenters. The number of fused-ring (bicyclic) bond motifs is 1. The number of hydrogen-bond donors (Lipinski definition) is 2. The van der Waals surface area contributed by atoms with Gasteiger partial charge in [0.05, 0.1) is 17.6 Å². The standard InChI is InChI=1S/C17H17BrN2O5S/c1-10-3-4-11(7-13(10)20-26(2,22)23)17(21)19-14-9-16-15(8-12(14)18)24-5-6-25-16/h3-4,7-9,20H,5-6H2,1-2H3,(H,19,21). The second-order valence-electron chi connectivity index (χ2n) is 5.83. The molecule has 0 saturated carbocycles. The molecule has 1 aliphatic heterocycles. The Hall–Kier alpha value is -2.26. The van der Waals surface area contributed by atoms with Crippen LogP contribution in [0.15, 0.2) is 34.8 Å². The van der Waals surface area contributed by atoms with Crippen molar-refractivity contribution >= 4 is 43.2 Å². The zero-order valence-corrected chi connectivity index (χ0v) is 16.5. The molecule has 0 saturated heterocycles. The molecule has 9 heteroatoms. The van der Waals surface area contributed by atoms with Gasteiger partial charge in [-0.25, -0.2) is 8.42 Å². The predicted octanol–water partition coefficient (Wildman–Crippen LogP) is 3.15. The van der Waals surface area contributed by atoms with Crippen molar-refractivity contribution in [3.63, 3.8) is 0 Å². The van der Waals surface area contributed by atoms with E-state index in [9.17, 15) is 13.2 Å². The van der Waals surface area contributed by atoms with Gasteiger partial charge in [0.25, 0.3) is 5.91 Å². The maximum absolute atomic E-state index is 12.6. The van der Waals surface area contributed by atoms with Crippen molar-refractivity contribution in [2.24, 2.45) is 0 Å². The van der Waals surface area contributed by atoms with Gasteiger partial charge >= 0.3 is 0 Å². The van der Waals surface area contributed by atoms with Crippen molar-refractivity contribution in [1.29, 1.82) is 0 Å². The average molecular weight is 441 g/mol. The van der Waals surface area contributed by atoms with Crippen molar-refractivity contribution in [1.82, 2.24) is 0 Å². The van der Waals surface area contributed by atoms with Crippen molar-refractivity contribution < 1.29 is 22.7 Å². The molecule has 26 heavy (non-hydrogen) atoms. The second kappa shape index (κ2) is 7.16. The molecule has 7 nitrogen and oxygen atoms in total. The van der Waals surface area contributed by atoms with Crippen LogP contribution in [0.4, 0.5) is 11.4 Å². The van der Waals surface area contributed by atoms with Gasteiger partial charge in [-0.05, 0) is 40.5 Å². The first kappa shape index (κ1) is 18.5. The maximum Gasteiger partial charge on any atom is 0.255 e. The maximum atomic E-state index is 12.6. The molecule has 2 N–H and O–H groups in total. The van der Waals surface area contributed by atoms with E-state index in [1.807, 2.05) is 0 Å². The van der Waals surface area contributed by atoms with E-state index in [0.29, 0.717) is 51.7 Å². The van der Waals surface area contributed by atoms with Crippen LogP contribution in [0.1, 0.15) is 15.9 Å². The van der Waals surface area contributed by atoms with Crippen LogP contribution in [-0.2, 0) is 10.0 Å². The molecule has 1 amide bonds. The van der Waals surface area contributed by atoms with Crippen LogP contribution in [0, 0.1) is 6.92 Å². The number of sulfonamides is 1. The van der Waals surface area contributed by atoms with Gasteiger partial charge in [0.15, 0.2) is 11.5 Å². The quantitative estimate of drug-likeness (QED) is 0.761. The molecule has 138 valence electrons. The third-order valence-corrected chi connectivity index (χ3v) is 4.92. The Labute approximate surface area is 159 Å². The van der Waals surface area contributed by atoms with Gasteiger partial charge in [-0.15, -0.1) is 0 Å². The van der Waals surface area contributed by atoms with Crippen molar-refractivity contribution in [2.75, 3.05) is 29.5 Å². The fourth-order valence-electron chi connectivity index (χ4n) is 2.43. The van der Waals surface area contributed by atoms with Crippen molar-refractivity contribution in [3.8, 4) is 11.5 Å². The zero-order chi connectivity index (χ0) is 18.9.